The van der Waals surface area contributed by atoms with Gasteiger partial charge in [0.05, 0.1) is 16.6 Å². The summed E-state index contributed by atoms with van der Waals surface area (Å²) in [5.41, 5.74) is 5.03. The van der Waals surface area contributed by atoms with Gasteiger partial charge in [0, 0.05) is 6.04 Å². The Hall–Kier alpha value is -2.28. The van der Waals surface area contributed by atoms with Crippen LogP contribution in [0.25, 0.3) is 0 Å². The fraction of sp³-hybridized carbons (Fsp3) is 0.167. The molecule has 2 rings (SSSR count). The van der Waals surface area contributed by atoms with Crippen molar-refractivity contribution in [2.75, 3.05) is 0 Å². The second-order valence-electron chi connectivity index (χ2n) is 3.73. The lowest BCUT2D eigenvalue weighted by Gasteiger charge is -2.12. The minimum atomic E-state index is -0.661. The lowest BCUT2D eigenvalue weighted by molar-refractivity contribution is -0.149. The molecule has 0 spiro atoms. The van der Waals surface area contributed by atoms with Crippen molar-refractivity contribution in [2.45, 2.75) is 6.92 Å². The van der Waals surface area contributed by atoms with E-state index < -0.39 is 17.4 Å². The van der Waals surface area contributed by atoms with Crippen LogP contribution >= 0.6 is 0 Å². The molecule has 1 unspecified atom stereocenters. The van der Waals surface area contributed by atoms with E-state index in [9.17, 15) is 9.59 Å². The summed E-state index contributed by atoms with van der Waals surface area (Å²) in [5, 5.41) is 0. The summed E-state index contributed by atoms with van der Waals surface area (Å²) in [4.78, 5) is 22.7. The molecule has 0 bridgehead atoms. The second-order valence-corrected chi connectivity index (χ2v) is 3.73. The van der Waals surface area contributed by atoms with Crippen molar-refractivity contribution in [1.82, 2.24) is 0 Å². The van der Waals surface area contributed by atoms with Crippen LogP contribution in [0.2, 0.25) is 0 Å². The number of carbonyl (C=O) groups is 2. The molecule has 1 fully saturated rings. The van der Waals surface area contributed by atoms with Gasteiger partial charge < -0.3 is 10.5 Å². The molecular formula is C12H9NO3. The lowest BCUT2D eigenvalue weighted by atomic mass is 9.89. The van der Waals surface area contributed by atoms with Crippen LogP contribution in [0, 0.1) is 17.4 Å². The zero-order valence-electron chi connectivity index (χ0n) is 8.61. The number of rotatable bonds is 0. The van der Waals surface area contributed by atoms with E-state index in [4.69, 9.17) is 5.73 Å². The highest BCUT2D eigenvalue weighted by molar-refractivity contribution is 6.18. The Labute approximate surface area is 92.4 Å². The normalized spacial score (nSPS) is 27.1. The molecule has 2 aliphatic rings. The Kier molecular flexibility index (Phi) is 2.17. The molecule has 0 aromatic heterocycles. The van der Waals surface area contributed by atoms with Crippen molar-refractivity contribution in [2.24, 2.45) is 11.1 Å². The van der Waals surface area contributed by atoms with E-state index in [1.54, 1.807) is 31.2 Å². The number of allylic oxidation sites excluding steroid dienone is 4. The van der Waals surface area contributed by atoms with Crippen molar-refractivity contribution >= 4 is 11.9 Å². The molecule has 0 aromatic carbocycles. The van der Waals surface area contributed by atoms with Crippen LogP contribution in [0.3, 0.4) is 0 Å². The van der Waals surface area contributed by atoms with Crippen molar-refractivity contribution in [3.8, 4) is 12.0 Å². The number of esters is 2. The van der Waals surface area contributed by atoms with Gasteiger partial charge in [-0.15, -0.1) is 0 Å². The first-order valence-corrected chi connectivity index (χ1v) is 4.68. The molecule has 4 heteroatoms. The number of hydrogen-bond acceptors (Lipinski definition) is 4. The molecule has 1 heterocycles. The van der Waals surface area contributed by atoms with Crippen LogP contribution in [0.1, 0.15) is 6.92 Å². The third kappa shape index (κ3) is 1.52. The van der Waals surface area contributed by atoms with E-state index in [-0.39, 0.29) is 11.1 Å². The maximum Gasteiger partial charge on any atom is 0.346 e. The summed E-state index contributed by atoms with van der Waals surface area (Å²) in [6.07, 6.45) is 6.58. The van der Waals surface area contributed by atoms with Crippen LogP contribution in [0.4, 0.5) is 0 Å². The molecule has 1 saturated heterocycles. The van der Waals surface area contributed by atoms with Crippen LogP contribution in [0.15, 0.2) is 35.5 Å². The van der Waals surface area contributed by atoms with Gasteiger partial charge in [-0.25, -0.2) is 9.59 Å². The molecule has 2 N–H and O–H groups in total. The summed E-state index contributed by atoms with van der Waals surface area (Å²) in [6.45, 7) is 1.79. The van der Waals surface area contributed by atoms with Gasteiger partial charge in [0.15, 0.2) is 0 Å². The summed E-state index contributed by atoms with van der Waals surface area (Å²) < 4.78 is 4.51. The molecule has 4 nitrogen and oxygen atoms in total. The van der Waals surface area contributed by atoms with Crippen molar-refractivity contribution in [1.29, 1.82) is 0 Å². The standard InChI is InChI=1S/C12H9NO3/c1-12(5-6-13)4-2-3-8-9(7-12)11(15)16-10(8)14/h2-4,7H,13H2,1H3. The lowest BCUT2D eigenvalue weighted by Crippen LogP contribution is -2.09. The number of cyclic esters (lactones) is 2. The molecule has 0 radical (unpaired) electrons. The van der Waals surface area contributed by atoms with Gasteiger partial charge in [-0.1, -0.05) is 18.1 Å². The van der Waals surface area contributed by atoms with Crippen LogP contribution in [0.5, 0.6) is 0 Å². The average Bonchev–Trinajstić information content (AvgIpc) is 2.39. The third-order valence-electron chi connectivity index (χ3n) is 2.41. The minimum absolute atomic E-state index is 0.250. The summed E-state index contributed by atoms with van der Waals surface area (Å²) in [7, 11) is 0. The molecule has 1 atom stereocenters. The van der Waals surface area contributed by atoms with Crippen molar-refractivity contribution in [3.63, 3.8) is 0 Å². The van der Waals surface area contributed by atoms with Gasteiger partial charge in [0.2, 0.25) is 0 Å². The van der Waals surface area contributed by atoms with Crippen molar-refractivity contribution in [3.05, 3.63) is 35.5 Å². The minimum Gasteiger partial charge on any atom is -0.386 e. The fourth-order valence-electron chi connectivity index (χ4n) is 1.63. The highest BCUT2D eigenvalue weighted by atomic mass is 16.6. The second kappa shape index (κ2) is 3.38. The molecule has 0 amide bonds. The molecular weight excluding hydrogens is 206 g/mol. The molecule has 0 aromatic rings. The van der Waals surface area contributed by atoms with E-state index >= 15 is 0 Å². The maximum absolute atomic E-state index is 11.4. The van der Waals surface area contributed by atoms with Crippen LogP contribution in [-0.4, -0.2) is 11.9 Å². The smallest absolute Gasteiger partial charge is 0.346 e. The molecule has 16 heavy (non-hydrogen) atoms. The van der Waals surface area contributed by atoms with E-state index in [1.807, 2.05) is 0 Å². The van der Waals surface area contributed by atoms with Gasteiger partial charge in [-0.3, -0.25) is 0 Å². The van der Waals surface area contributed by atoms with E-state index in [2.05, 4.69) is 16.7 Å². The molecule has 80 valence electrons. The monoisotopic (exact) mass is 215 g/mol. The Morgan fingerprint density at radius 3 is 2.69 bits per heavy atom. The molecule has 1 aliphatic carbocycles. The molecule has 0 saturated carbocycles. The fourth-order valence-corrected chi connectivity index (χ4v) is 1.63. The van der Waals surface area contributed by atoms with Gasteiger partial charge in [-0.2, -0.15) is 0 Å². The first kappa shape index (κ1) is 10.2. The largest absolute Gasteiger partial charge is 0.386 e. The number of nitrogens with two attached hydrogens (primary N) is 1. The van der Waals surface area contributed by atoms with Gasteiger partial charge >= 0.3 is 11.9 Å². The predicted octanol–water partition coefficient (Wildman–Crippen LogP) is 0.418. The van der Waals surface area contributed by atoms with E-state index in [1.165, 1.54) is 0 Å². The predicted molar refractivity (Wildman–Crippen MR) is 56.5 cm³/mol. The number of ether oxygens (including phenoxy) is 1. The maximum atomic E-state index is 11.4. The number of carbonyl (C=O) groups excluding carboxylic acids is 2. The highest BCUT2D eigenvalue weighted by Crippen LogP contribution is 2.31. The summed E-state index contributed by atoms with van der Waals surface area (Å²) in [6, 6.07) is 2.31. The Bertz CT molecular complexity index is 528. The average molecular weight is 215 g/mol. The van der Waals surface area contributed by atoms with Crippen LogP contribution in [-0.2, 0) is 14.3 Å². The van der Waals surface area contributed by atoms with Crippen molar-refractivity contribution < 1.29 is 14.3 Å². The Balaban J connectivity index is 2.56. The zero-order valence-corrected chi connectivity index (χ0v) is 8.61. The number of fused-ring (bicyclic) bond motifs is 1. The quantitative estimate of drug-likeness (QED) is 0.275. The van der Waals surface area contributed by atoms with E-state index in [0.717, 1.165) is 0 Å². The summed E-state index contributed by atoms with van der Waals surface area (Å²) >= 11 is 0. The third-order valence-corrected chi connectivity index (χ3v) is 2.41. The first-order valence-electron chi connectivity index (χ1n) is 4.68. The zero-order chi connectivity index (χ0) is 11.8. The van der Waals surface area contributed by atoms with Gasteiger partial charge in [0.1, 0.15) is 0 Å². The highest BCUT2D eigenvalue weighted by Gasteiger charge is 2.36. The topological polar surface area (TPSA) is 69.4 Å². The van der Waals surface area contributed by atoms with Crippen LogP contribution < -0.4 is 5.73 Å². The van der Waals surface area contributed by atoms with Gasteiger partial charge in [-0.05, 0) is 19.1 Å². The summed E-state index contributed by atoms with van der Waals surface area (Å²) in [5.74, 6) is 1.51. The first-order chi connectivity index (χ1) is 7.56. The Morgan fingerprint density at radius 2 is 2.00 bits per heavy atom. The number of hydrogen-bond donors (Lipinski definition) is 1. The molecule has 1 aliphatic heterocycles. The SMILES string of the molecule is CC1(C#CN)C=CC=C2C(=O)OC(=O)C2=C1. The van der Waals surface area contributed by atoms with Gasteiger partial charge in [0.25, 0.3) is 0 Å². The van der Waals surface area contributed by atoms with E-state index in [0.29, 0.717) is 0 Å². The Morgan fingerprint density at radius 1 is 1.31 bits per heavy atom.